The van der Waals surface area contributed by atoms with Gasteiger partial charge in [-0.05, 0) is 35.4 Å². The molecule has 0 spiro atoms. The summed E-state index contributed by atoms with van der Waals surface area (Å²) in [6, 6.07) is 7.66. The molecule has 0 aromatic carbocycles. The first kappa shape index (κ1) is 14.4. The zero-order chi connectivity index (χ0) is 16.1. The maximum absolute atomic E-state index is 12.8. The molecule has 118 valence electrons. The van der Waals surface area contributed by atoms with Gasteiger partial charge in [0.2, 0.25) is 11.8 Å². The summed E-state index contributed by atoms with van der Waals surface area (Å²) in [5, 5.41) is 5.01. The van der Waals surface area contributed by atoms with E-state index >= 15 is 0 Å². The second kappa shape index (κ2) is 4.89. The van der Waals surface area contributed by atoms with Crippen LogP contribution in [0.1, 0.15) is 31.0 Å². The van der Waals surface area contributed by atoms with E-state index in [0.29, 0.717) is 17.1 Å². The fourth-order valence-electron chi connectivity index (χ4n) is 3.26. The molecule has 1 unspecified atom stereocenters. The Balaban J connectivity index is 1.53. The van der Waals surface area contributed by atoms with Gasteiger partial charge in [-0.2, -0.15) is 4.98 Å². The van der Waals surface area contributed by atoms with Gasteiger partial charge >= 0.3 is 0 Å². The lowest BCUT2D eigenvalue weighted by Gasteiger charge is -2.18. The quantitative estimate of drug-likeness (QED) is 0.798. The monoisotopic (exact) mass is 327 g/mol. The summed E-state index contributed by atoms with van der Waals surface area (Å²) in [6.07, 6.45) is 2.53. The predicted molar refractivity (Wildman–Crippen MR) is 88.0 cm³/mol. The minimum atomic E-state index is -0.425. The number of carbonyl (C=O) groups is 1. The molecule has 5 nitrogen and oxygen atoms in total. The van der Waals surface area contributed by atoms with Gasteiger partial charge in [-0.3, -0.25) is 4.79 Å². The molecule has 1 aliphatic rings. The number of fused-ring (bicyclic) bond motifs is 1. The maximum Gasteiger partial charge on any atom is 0.232 e. The van der Waals surface area contributed by atoms with Crippen LogP contribution >= 0.6 is 11.3 Å². The zero-order valence-electron chi connectivity index (χ0n) is 13.0. The lowest BCUT2D eigenvalue weighted by atomic mass is 9.93. The molecule has 1 N–H and O–H groups in total. The highest BCUT2D eigenvalue weighted by Crippen LogP contribution is 2.65. The summed E-state index contributed by atoms with van der Waals surface area (Å²) in [6.45, 7) is 4.55. The van der Waals surface area contributed by atoms with E-state index in [9.17, 15) is 4.79 Å². The van der Waals surface area contributed by atoms with Crippen LogP contribution in [0.25, 0.3) is 11.2 Å². The maximum atomic E-state index is 12.8. The van der Waals surface area contributed by atoms with Gasteiger partial charge in [0.25, 0.3) is 0 Å². The van der Waals surface area contributed by atoms with Crippen LogP contribution in [-0.4, -0.2) is 15.9 Å². The standard InChI is InChI=1S/C17H17N3O2S/c1-16(2)10-17(16,12-6-4-8-23-12)15(21)19-9-13-20-14-11(22-13)5-3-7-18-14/h3-8H,9-10H2,1-2H3,(H,19,21). The molecule has 1 amide bonds. The van der Waals surface area contributed by atoms with E-state index in [2.05, 4.69) is 29.1 Å². The van der Waals surface area contributed by atoms with Crippen molar-refractivity contribution in [2.24, 2.45) is 5.41 Å². The van der Waals surface area contributed by atoms with Crippen molar-refractivity contribution in [1.29, 1.82) is 0 Å². The van der Waals surface area contributed by atoms with Gasteiger partial charge < -0.3 is 9.73 Å². The first-order chi connectivity index (χ1) is 11.0. The number of nitrogens with zero attached hydrogens (tertiary/aromatic N) is 2. The molecule has 0 bridgehead atoms. The topological polar surface area (TPSA) is 68.0 Å². The van der Waals surface area contributed by atoms with Crippen LogP contribution in [0, 0.1) is 5.41 Å². The van der Waals surface area contributed by atoms with Crippen molar-refractivity contribution >= 4 is 28.5 Å². The average molecular weight is 327 g/mol. The number of oxazole rings is 1. The number of hydrogen-bond acceptors (Lipinski definition) is 5. The molecule has 4 rings (SSSR count). The third-order valence-corrected chi connectivity index (χ3v) is 5.71. The van der Waals surface area contributed by atoms with E-state index in [1.807, 2.05) is 23.6 Å². The summed E-state index contributed by atoms with van der Waals surface area (Å²) in [4.78, 5) is 22.4. The molecule has 6 heteroatoms. The first-order valence-corrected chi connectivity index (χ1v) is 8.44. The average Bonchev–Trinajstić information content (AvgIpc) is 2.99. The molecule has 0 saturated heterocycles. The second-order valence-corrected chi connectivity index (χ2v) is 7.51. The highest BCUT2D eigenvalue weighted by molar-refractivity contribution is 7.10. The summed E-state index contributed by atoms with van der Waals surface area (Å²) < 4.78 is 5.61. The van der Waals surface area contributed by atoms with Crippen molar-refractivity contribution in [3.05, 3.63) is 46.6 Å². The summed E-state index contributed by atoms with van der Waals surface area (Å²) in [5.74, 6) is 0.520. The Kier molecular flexibility index (Phi) is 3.06. The SMILES string of the molecule is CC1(C)CC1(C(=O)NCc1nc2ncccc2o1)c1cccs1. The van der Waals surface area contributed by atoms with E-state index in [1.54, 1.807) is 23.6 Å². The van der Waals surface area contributed by atoms with Gasteiger partial charge in [-0.15, -0.1) is 11.3 Å². The Morgan fingerprint density at radius 1 is 1.39 bits per heavy atom. The van der Waals surface area contributed by atoms with Crippen LogP contribution in [0.15, 0.2) is 40.3 Å². The lowest BCUT2D eigenvalue weighted by molar-refractivity contribution is -0.124. The van der Waals surface area contributed by atoms with Crippen LogP contribution in [0.4, 0.5) is 0 Å². The highest BCUT2D eigenvalue weighted by Gasteiger charge is 2.67. The van der Waals surface area contributed by atoms with Crippen molar-refractivity contribution in [2.75, 3.05) is 0 Å². The normalized spacial score (nSPS) is 22.2. The van der Waals surface area contributed by atoms with Gasteiger partial charge in [-0.1, -0.05) is 19.9 Å². The van der Waals surface area contributed by atoms with Gasteiger partial charge in [-0.25, -0.2) is 4.98 Å². The third kappa shape index (κ3) is 2.16. The fraction of sp³-hybridized carbons (Fsp3) is 0.353. The van der Waals surface area contributed by atoms with E-state index in [0.717, 1.165) is 11.3 Å². The Morgan fingerprint density at radius 2 is 2.22 bits per heavy atom. The molecule has 1 fully saturated rings. The summed E-state index contributed by atoms with van der Waals surface area (Å²) >= 11 is 1.64. The number of amides is 1. The van der Waals surface area contributed by atoms with Crippen LogP contribution in [0.3, 0.4) is 0 Å². The van der Waals surface area contributed by atoms with Crippen LogP contribution in [0.5, 0.6) is 0 Å². The van der Waals surface area contributed by atoms with Crippen molar-refractivity contribution in [2.45, 2.75) is 32.2 Å². The van der Waals surface area contributed by atoms with E-state index in [4.69, 9.17) is 4.42 Å². The minimum absolute atomic E-state index is 0.0230. The van der Waals surface area contributed by atoms with Crippen molar-refractivity contribution in [3.63, 3.8) is 0 Å². The molecule has 1 aliphatic carbocycles. The van der Waals surface area contributed by atoms with E-state index < -0.39 is 5.41 Å². The highest BCUT2D eigenvalue weighted by atomic mass is 32.1. The largest absolute Gasteiger partial charge is 0.437 e. The fourth-order valence-corrected chi connectivity index (χ4v) is 4.36. The van der Waals surface area contributed by atoms with Gasteiger partial charge in [0.1, 0.15) is 0 Å². The third-order valence-electron chi connectivity index (χ3n) is 4.68. The smallest absolute Gasteiger partial charge is 0.232 e. The Morgan fingerprint density at radius 3 is 2.87 bits per heavy atom. The zero-order valence-corrected chi connectivity index (χ0v) is 13.8. The van der Waals surface area contributed by atoms with E-state index in [1.165, 1.54) is 0 Å². The Labute approximate surface area is 137 Å². The summed E-state index contributed by atoms with van der Waals surface area (Å²) in [7, 11) is 0. The van der Waals surface area contributed by atoms with E-state index in [-0.39, 0.29) is 17.9 Å². The molecule has 3 aromatic heterocycles. The van der Waals surface area contributed by atoms with Crippen molar-refractivity contribution < 1.29 is 9.21 Å². The predicted octanol–water partition coefficient (Wildman–Crippen LogP) is 3.27. The van der Waals surface area contributed by atoms with Crippen LogP contribution in [0.2, 0.25) is 0 Å². The number of carbonyl (C=O) groups excluding carboxylic acids is 1. The number of thiophene rings is 1. The Hall–Kier alpha value is -2.21. The molecular formula is C17H17N3O2S. The van der Waals surface area contributed by atoms with Crippen LogP contribution < -0.4 is 5.32 Å². The van der Waals surface area contributed by atoms with Gasteiger partial charge in [0, 0.05) is 11.1 Å². The number of pyridine rings is 1. The second-order valence-electron chi connectivity index (χ2n) is 6.56. The molecule has 3 aromatic rings. The molecule has 0 aliphatic heterocycles. The first-order valence-electron chi connectivity index (χ1n) is 7.56. The molecule has 1 atom stereocenters. The van der Waals surface area contributed by atoms with Gasteiger partial charge in [0.15, 0.2) is 11.2 Å². The minimum Gasteiger partial charge on any atom is -0.437 e. The molecule has 3 heterocycles. The number of rotatable bonds is 4. The van der Waals surface area contributed by atoms with Crippen molar-refractivity contribution in [1.82, 2.24) is 15.3 Å². The molecule has 1 saturated carbocycles. The number of hydrogen-bond donors (Lipinski definition) is 1. The molecule has 23 heavy (non-hydrogen) atoms. The van der Waals surface area contributed by atoms with Gasteiger partial charge in [0.05, 0.1) is 12.0 Å². The Bertz CT molecular complexity index is 836. The number of nitrogens with one attached hydrogen (secondary N) is 1. The molecule has 0 radical (unpaired) electrons. The lowest BCUT2D eigenvalue weighted by Crippen LogP contribution is -2.37. The van der Waals surface area contributed by atoms with Crippen LogP contribution in [-0.2, 0) is 16.8 Å². The van der Waals surface area contributed by atoms with Crippen molar-refractivity contribution in [3.8, 4) is 0 Å². The summed E-state index contributed by atoms with van der Waals surface area (Å²) in [5.41, 5.74) is 0.754. The molecular weight excluding hydrogens is 310 g/mol. The number of aromatic nitrogens is 2.